The lowest BCUT2D eigenvalue weighted by Gasteiger charge is -2.12. The molecule has 0 fully saturated rings. The fourth-order valence-corrected chi connectivity index (χ4v) is 1.32. The lowest BCUT2D eigenvalue weighted by molar-refractivity contribution is -0.143. The van der Waals surface area contributed by atoms with E-state index in [2.05, 4.69) is 5.32 Å². The molecule has 6 nitrogen and oxygen atoms in total. The number of para-hydroxylation sites is 1. The number of aliphatic hydroxyl groups is 1. The highest BCUT2D eigenvalue weighted by molar-refractivity contribution is 6.32. The van der Waals surface area contributed by atoms with Gasteiger partial charge in [0.15, 0.2) is 6.61 Å². The number of aliphatic carboxylic acids is 1. The lowest BCUT2D eigenvalue weighted by Crippen LogP contribution is -2.45. The highest BCUT2D eigenvalue weighted by Gasteiger charge is 2.18. The largest absolute Gasteiger partial charge is 0.482 e. The van der Waals surface area contributed by atoms with E-state index in [1.54, 1.807) is 24.3 Å². The smallest absolute Gasteiger partial charge is 0.328 e. The monoisotopic (exact) mass is 273 g/mol. The van der Waals surface area contributed by atoms with Gasteiger partial charge in [-0.3, -0.25) is 4.79 Å². The number of amides is 1. The van der Waals surface area contributed by atoms with Crippen molar-refractivity contribution in [2.75, 3.05) is 13.2 Å². The van der Waals surface area contributed by atoms with Gasteiger partial charge in [-0.15, -0.1) is 0 Å². The first kappa shape index (κ1) is 14.3. The topological polar surface area (TPSA) is 95.9 Å². The van der Waals surface area contributed by atoms with Gasteiger partial charge in [-0.1, -0.05) is 23.7 Å². The van der Waals surface area contributed by atoms with Gasteiger partial charge in [0.1, 0.15) is 11.8 Å². The molecule has 0 aliphatic rings. The Bertz CT molecular complexity index is 437. The van der Waals surface area contributed by atoms with Crippen molar-refractivity contribution >= 4 is 23.5 Å². The standard InChI is InChI=1S/C11H12ClNO5/c12-7-3-1-2-4-9(7)18-6-10(15)13-8(5-14)11(16)17/h1-4,8,14H,5-6H2,(H,13,15)(H,16,17). The van der Waals surface area contributed by atoms with Crippen LogP contribution in [0.5, 0.6) is 5.75 Å². The number of hydrogen-bond acceptors (Lipinski definition) is 4. The second kappa shape index (κ2) is 6.83. The molecule has 0 aromatic heterocycles. The zero-order chi connectivity index (χ0) is 13.5. The average Bonchev–Trinajstić information content (AvgIpc) is 2.34. The van der Waals surface area contributed by atoms with Crippen molar-refractivity contribution in [3.63, 3.8) is 0 Å². The summed E-state index contributed by atoms with van der Waals surface area (Å²) in [4.78, 5) is 21.9. The Hall–Kier alpha value is -1.79. The summed E-state index contributed by atoms with van der Waals surface area (Å²) in [6, 6.07) is 5.24. The van der Waals surface area contributed by atoms with Crippen molar-refractivity contribution in [1.82, 2.24) is 5.32 Å². The number of benzene rings is 1. The van der Waals surface area contributed by atoms with Gasteiger partial charge in [0.05, 0.1) is 11.6 Å². The van der Waals surface area contributed by atoms with Crippen LogP contribution in [0, 0.1) is 0 Å². The van der Waals surface area contributed by atoms with E-state index in [9.17, 15) is 9.59 Å². The van der Waals surface area contributed by atoms with Gasteiger partial charge < -0.3 is 20.3 Å². The van der Waals surface area contributed by atoms with E-state index in [1.165, 1.54) is 0 Å². The van der Waals surface area contributed by atoms with Gasteiger partial charge in [-0.2, -0.15) is 0 Å². The van der Waals surface area contributed by atoms with E-state index in [0.717, 1.165) is 0 Å². The molecule has 1 atom stereocenters. The van der Waals surface area contributed by atoms with Crippen LogP contribution in [0.15, 0.2) is 24.3 Å². The average molecular weight is 274 g/mol. The molecule has 0 aliphatic carbocycles. The van der Waals surface area contributed by atoms with Crippen LogP contribution < -0.4 is 10.1 Å². The molecule has 18 heavy (non-hydrogen) atoms. The van der Waals surface area contributed by atoms with E-state index in [0.29, 0.717) is 10.8 Å². The minimum absolute atomic E-state index is 0.324. The molecule has 3 N–H and O–H groups in total. The third-order valence-corrected chi connectivity index (χ3v) is 2.32. The Morgan fingerprint density at radius 2 is 2.06 bits per heavy atom. The molecular formula is C11H12ClNO5. The molecule has 1 rings (SSSR count). The number of rotatable bonds is 6. The Morgan fingerprint density at radius 3 is 2.61 bits per heavy atom. The van der Waals surface area contributed by atoms with Crippen LogP contribution in [0.2, 0.25) is 5.02 Å². The van der Waals surface area contributed by atoms with Gasteiger partial charge in [0.25, 0.3) is 5.91 Å². The molecular weight excluding hydrogens is 262 g/mol. The van der Waals surface area contributed by atoms with Gasteiger partial charge >= 0.3 is 5.97 Å². The minimum Gasteiger partial charge on any atom is -0.482 e. The van der Waals surface area contributed by atoms with Crippen molar-refractivity contribution < 1.29 is 24.5 Å². The second-order valence-electron chi connectivity index (χ2n) is 3.36. The summed E-state index contributed by atoms with van der Waals surface area (Å²) in [5, 5.41) is 19.8. The van der Waals surface area contributed by atoms with E-state index >= 15 is 0 Å². The summed E-state index contributed by atoms with van der Waals surface area (Å²) in [6.45, 7) is -1.07. The van der Waals surface area contributed by atoms with Crippen molar-refractivity contribution in [3.05, 3.63) is 29.3 Å². The Balaban J connectivity index is 2.47. The zero-order valence-electron chi connectivity index (χ0n) is 9.30. The highest BCUT2D eigenvalue weighted by atomic mass is 35.5. The van der Waals surface area contributed by atoms with E-state index in [-0.39, 0.29) is 6.61 Å². The van der Waals surface area contributed by atoms with Gasteiger partial charge in [-0.05, 0) is 12.1 Å². The number of carboxylic acids is 1. The predicted octanol–water partition coefficient (Wildman–Crippen LogP) is 0.280. The fraction of sp³-hybridized carbons (Fsp3) is 0.273. The Morgan fingerprint density at radius 1 is 1.39 bits per heavy atom. The van der Waals surface area contributed by atoms with Crippen LogP contribution in [-0.4, -0.2) is 41.3 Å². The molecule has 1 unspecified atom stereocenters. The summed E-state index contributed by atoms with van der Waals surface area (Å²) in [5.74, 6) is -1.65. The summed E-state index contributed by atoms with van der Waals surface area (Å²) in [6.07, 6.45) is 0. The lowest BCUT2D eigenvalue weighted by atomic mass is 10.3. The first-order chi connectivity index (χ1) is 8.54. The van der Waals surface area contributed by atoms with E-state index < -0.39 is 24.5 Å². The highest BCUT2D eigenvalue weighted by Crippen LogP contribution is 2.22. The Kier molecular flexibility index (Phi) is 5.41. The first-order valence-electron chi connectivity index (χ1n) is 5.05. The van der Waals surface area contributed by atoms with Gasteiger partial charge in [0.2, 0.25) is 0 Å². The van der Waals surface area contributed by atoms with Crippen LogP contribution in [0.3, 0.4) is 0 Å². The molecule has 0 saturated heterocycles. The fourth-order valence-electron chi connectivity index (χ4n) is 1.13. The van der Waals surface area contributed by atoms with Crippen molar-refractivity contribution in [2.24, 2.45) is 0 Å². The predicted molar refractivity (Wildman–Crippen MR) is 63.6 cm³/mol. The molecule has 1 amide bonds. The van der Waals surface area contributed by atoms with Gasteiger partial charge in [0, 0.05) is 0 Å². The molecule has 0 spiro atoms. The third-order valence-electron chi connectivity index (χ3n) is 2.01. The summed E-state index contributed by atoms with van der Waals surface area (Å²) in [7, 11) is 0. The van der Waals surface area contributed by atoms with Crippen molar-refractivity contribution in [3.8, 4) is 5.75 Å². The normalized spacial score (nSPS) is 11.7. The number of halogens is 1. The summed E-state index contributed by atoms with van der Waals surface area (Å²) >= 11 is 5.80. The maximum atomic E-state index is 11.3. The van der Waals surface area contributed by atoms with E-state index in [4.69, 9.17) is 26.6 Å². The molecule has 1 aromatic carbocycles. The maximum absolute atomic E-state index is 11.3. The first-order valence-corrected chi connectivity index (χ1v) is 5.42. The van der Waals surface area contributed by atoms with Crippen molar-refractivity contribution in [1.29, 1.82) is 0 Å². The molecule has 7 heteroatoms. The number of nitrogens with one attached hydrogen (secondary N) is 1. The number of ether oxygens (including phenoxy) is 1. The number of aliphatic hydroxyl groups excluding tert-OH is 1. The molecule has 0 radical (unpaired) electrons. The molecule has 0 bridgehead atoms. The van der Waals surface area contributed by atoms with E-state index in [1.807, 2.05) is 0 Å². The SMILES string of the molecule is O=C(COc1ccccc1Cl)NC(CO)C(=O)O. The quantitative estimate of drug-likeness (QED) is 0.692. The Labute approximate surface area is 108 Å². The molecule has 0 saturated carbocycles. The zero-order valence-corrected chi connectivity index (χ0v) is 10.1. The third kappa shape index (κ3) is 4.23. The maximum Gasteiger partial charge on any atom is 0.328 e. The molecule has 0 heterocycles. The van der Waals surface area contributed by atoms with Crippen LogP contribution >= 0.6 is 11.6 Å². The number of carboxylic acid groups (broad SMARTS) is 1. The van der Waals surface area contributed by atoms with Gasteiger partial charge in [-0.25, -0.2) is 4.79 Å². The minimum atomic E-state index is -1.34. The number of hydrogen-bond donors (Lipinski definition) is 3. The van der Waals surface area contributed by atoms with Crippen LogP contribution in [0.4, 0.5) is 0 Å². The van der Waals surface area contributed by atoms with Crippen molar-refractivity contribution in [2.45, 2.75) is 6.04 Å². The summed E-state index contributed by atoms with van der Waals surface area (Å²) in [5.41, 5.74) is 0. The summed E-state index contributed by atoms with van der Waals surface area (Å²) < 4.78 is 5.11. The second-order valence-corrected chi connectivity index (χ2v) is 3.77. The van der Waals surface area contributed by atoms with Crippen LogP contribution in [0.25, 0.3) is 0 Å². The molecule has 0 aliphatic heterocycles. The number of carbonyl (C=O) groups excluding carboxylic acids is 1. The van der Waals surface area contributed by atoms with Crippen LogP contribution in [-0.2, 0) is 9.59 Å². The molecule has 1 aromatic rings. The number of carbonyl (C=O) groups is 2. The molecule has 98 valence electrons. The van der Waals surface area contributed by atoms with Crippen LogP contribution in [0.1, 0.15) is 0 Å².